The van der Waals surface area contributed by atoms with Gasteiger partial charge in [-0.15, -0.1) is 0 Å². The lowest BCUT2D eigenvalue weighted by atomic mass is 9.97. The van der Waals surface area contributed by atoms with E-state index in [-0.39, 0.29) is 6.61 Å². The summed E-state index contributed by atoms with van der Waals surface area (Å²) in [6.45, 7) is 2.39. The number of hydrogen-bond acceptors (Lipinski definition) is 9. The van der Waals surface area contributed by atoms with E-state index in [0.717, 1.165) is 12.5 Å². The molecule has 1 aromatic carbocycles. The average Bonchev–Trinajstić information content (AvgIpc) is 2.69. The van der Waals surface area contributed by atoms with E-state index in [1.165, 1.54) is 6.92 Å². The van der Waals surface area contributed by atoms with Gasteiger partial charge in [0.2, 0.25) is 18.3 Å². The lowest BCUT2D eigenvalue weighted by molar-refractivity contribution is -0.353. The Morgan fingerprint density at radius 1 is 1.00 bits per heavy atom. The summed E-state index contributed by atoms with van der Waals surface area (Å²) in [5.74, 6) is -2.12. The maximum atomic E-state index is 11.8. The molecule has 2 aliphatic rings. The molecule has 6 atom stereocenters. The molecule has 0 saturated carbocycles. The highest BCUT2D eigenvalue weighted by Gasteiger charge is 2.55. The van der Waals surface area contributed by atoms with Crippen LogP contribution in [0.25, 0.3) is 0 Å². The van der Waals surface area contributed by atoms with Crippen molar-refractivity contribution < 1.29 is 38.0 Å². The van der Waals surface area contributed by atoms with Crippen LogP contribution < -0.4 is 0 Å². The van der Waals surface area contributed by atoms with Gasteiger partial charge in [-0.1, -0.05) is 65.1 Å². The number of nitrogens with one attached hydrogen (secondary N) is 1. The minimum atomic E-state index is -2.18. The monoisotopic (exact) mass is 495 g/mol. The van der Waals surface area contributed by atoms with Crippen LogP contribution in [-0.4, -0.2) is 58.9 Å². The molecule has 0 bridgehead atoms. The van der Waals surface area contributed by atoms with Gasteiger partial charge in [0.25, 0.3) is 3.79 Å². The highest BCUT2D eigenvalue weighted by molar-refractivity contribution is 6.76. The first kappa shape index (κ1) is 24.0. The second-order valence-corrected chi connectivity index (χ2v) is 9.09. The molecule has 31 heavy (non-hydrogen) atoms. The molecule has 2 saturated heterocycles. The first-order valence-electron chi connectivity index (χ1n) is 9.20. The molecule has 0 amide bonds. The third kappa shape index (κ3) is 6.00. The van der Waals surface area contributed by atoms with Gasteiger partial charge in [0.15, 0.2) is 12.4 Å². The van der Waals surface area contributed by atoms with E-state index in [4.69, 9.17) is 68.6 Å². The normalized spacial score (nSPS) is 30.6. The van der Waals surface area contributed by atoms with E-state index in [1.54, 1.807) is 0 Å². The number of esters is 2. The van der Waals surface area contributed by atoms with Crippen molar-refractivity contribution in [3.63, 3.8) is 0 Å². The maximum absolute atomic E-state index is 11.8. The molecular formula is C19H20Cl3NO8. The number of benzene rings is 1. The van der Waals surface area contributed by atoms with E-state index < -0.39 is 58.6 Å². The number of fused-ring (bicyclic) bond motifs is 1. The van der Waals surface area contributed by atoms with Crippen molar-refractivity contribution in [1.29, 1.82) is 5.41 Å². The van der Waals surface area contributed by atoms with Crippen LogP contribution in [-0.2, 0) is 38.0 Å². The minimum absolute atomic E-state index is 0.0374. The molecule has 2 heterocycles. The van der Waals surface area contributed by atoms with Gasteiger partial charge in [-0.05, 0) is 0 Å². The van der Waals surface area contributed by atoms with Crippen LogP contribution in [0.2, 0.25) is 0 Å². The summed E-state index contributed by atoms with van der Waals surface area (Å²) in [6.07, 6.45) is -6.27. The molecule has 0 unspecified atom stereocenters. The van der Waals surface area contributed by atoms with Crippen LogP contribution in [0.4, 0.5) is 0 Å². The molecule has 2 aliphatic heterocycles. The Kier molecular flexibility index (Phi) is 7.67. The third-order valence-corrected chi connectivity index (χ3v) is 4.97. The highest BCUT2D eigenvalue weighted by atomic mass is 35.6. The Hall–Kier alpha value is -1.62. The van der Waals surface area contributed by atoms with Crippen molar-refractivity contribution in [2.45, 2.75) is 54.6 Å². The fraction of sp³-hybridized carbons (Fsp3) is 0.526. The quantitative estimate of drug-likeness (QED) is 0.293. The summed E-state index contributed by atoms with van der Waals surface area (Å²) in [4.78, 5) is 23.6. The molecule has 12 heteroatoms. The van der Waals surface area contributed by atoms with E-state index in [0.29, 0.717) is 0 Å². The Labute approximate surface area is 193 Å². The Morgan fingerprint density at radius 3 is 2.19 bits per heavy atom. The van der Waals surface area contributed by atoms with Crippen molar-refractivity contribution in [3.05, 3.63) is 35.9 Å². The molecular weight excluding hydrogens is 477 g/mol. The molecule has 1 N–H and O–H groups in total. The Morgan fingerprint density at radius 2 is 1.61 bits per heavy atom. The molecule has 0 aliphatic carbocycles. The fourth-order valence-corrected chi connectivity index (χ4v) is 3.38. The topological polar surface area (TPSA) is 113 Å². The van der Waals surface area contributed by atoms with Gasteiger partial charge < -0.3 is 28.4 Å². The smallest absolute Gasteiger partial charge is 0.303 e. The van der Waals surface area contributed by atoms with Gasteiger partial charge in [-0.25, -0.2) is 0 Å². The number of rotatable bonds is 4. The molecule has 0 aromatic heterocycles. The molecule has 2 fully saturated rings. The van der Waals surface area contributed by atoms with E-state index in [9.17, 15) is 9.59 Å². The zero-order valence-electron chi connectivity index (χ0n) is 16.5. The summed E-state index contributed by atoms with van der Waals surface area (Å²) in [5.41, 5.74) is 0.739. The maximum Gasteiger partial charge on any atom is 0.303 e. The van der Waals surface area contributed by atoms with Gasteiger partial charge in [-0.3, -0.25) is 15.0 Å². The fourth-order valence-electron chi connectivity index (χ4n) is 3.25. The standard InChI is InChI=1S/C19H20Cl3NO8/c1-9(24)27-14-13-12(8-26-16(30-13)11-6-4-3-5-7-11)29-17(15(14)28-10(2)25)31-18(23)19(20,21)22/h3-7,12-17,23H,8H2,1-2H3/t12-,13+,14+,15-,16+,17-/m1/s1. The molecule has 3 rings (SSSR count). The second-order valence-electron chi connectivity index (χ2n) is 6.81. The first-order valence-corrected chi connectivity index (χ1v) is 10.3. The predicted octanol–water partition coefficient (Wildman–Crippen LogP) is 3.05. The minimum Gasteiger partial charge on any atom is -0.455 e. The second kappa shape index (κ2) is 9.89. The predicted molar refractivity (Wildman–Crippen MR) is 109 cm³/mol. The number of ether oxygens (including phenoxy) is 6. The summed E-state index contributed by atoms with van der Waals surface area (Å²) < 4.78 is 31.4. The van der Waals surface area contributed by atoms with Crippen molar-refractivity contribution in [3.8, 4) is 0 Å². The number of hydrogen-bond donors (Lipinski definition) is 1. The number of alkyl halides is 3. The van der Waals surface area contributed by atoms with Crippen molar-refractivity contribution >= 4 is 52.6 Å². The zero-order chi connectivity index (χ0) is 22.8. The number of carbonyl (C=O) groups is 2. The van der Waals surface area contributed by atoms with E-state index in [2.05, 4.69) is 0 Å². The van der Waals surface area contributed by atoms with Crippen LogP contribution in [0.1, 0.15) is 25.7 Å². The summed E-state index contributed by atoms with van der Waals surface area (Å²) in [7, 11) is 0. The van der Waals surface area contributed by atoms with Crippen LogP contribution in [0.15, 0.2) is 30.3 Å². The highest BCUT2D eigenvalue weighted by Crippen LogP contribution is 2.38. The van der Waals surface area contributed by atoms with Crippen LogP contribution in [0.5, 0.6) is 0 Å². The van der Waals surface area contributed by atoms with Gasteiger partial charge in [0.1, 0.15) is 12.2 Å². The van der Waals surface area contributed by atoms with E-state index in [1.807, 2.05) is 30.3 Å². The molecule has 9 nitrogen and oxygen atoms in total. The molecule has 1 aromatic rings. The van der Waals surface area contributed by atoms with Crippen LogP contribution in [0, 0.1) is 5.41 Å². The van der Waals surface area contributed by atoms with Crippen molar-refractivity contribution in [2.75, 3.05) is 6.61 Å². The largest absolute Gasteiger partial charge is 0.455 e. The first-order chi connectivity index (χ1) is 14.6. The van der Waals surface area contributed by atoms with Crippen molar-refractivity contribution in [2.24, 2.45) is 0 Å². The molecule has 0 radical (unpaired) electrons. The lowest BCUT2D eigenvalue weighted by Gasteiger charge is -2.47. The van der Waals surface area contributed by atoms with Gasteiger partial charge in [0.05, 0.1) is 6.61 Å². The average molecular weight is 497 g/mol. The van der Waals surface area contributed by atoms with Gasteiger partial charge in [0, 0.05) is 19.4 Å². The van der Waals surface area contributed by atoms with Crippen molar-refractivity contribution in [1.82, 2.24) is 0 Å². The summed E-state index contributed by atoms with van der Waals surface area (Å²) >= 11 is 17.1. The number of carbonyl (C=O) groups excluding carboxylic acids is 2. The molecule has 0 spiro atoms. The van der Waals surface area contributed by atoms with Gasteiger partial charge in [-0.2, -0.15) is 0 Å². The Balaban J connectivity index is 1.89. The molecule has 170 valence electrons. The van der Waals surface area contributed by atoms with Gasteiger partial charge >= 0.3 is 11.9 Å². The van der Waals surface area contributed by atoms with Crippen LogP contribution in [0.3, 0.4) is 0 Å². The van der Waals surface area contributed by atoms with E-state index >= 15 is 0 Å². The number of halogens is 3. The summed E-state index contributed by atoms with van der Waals surface area (Å²) in [6, 6.07) is 9.12. The third-order valence-electron chi connectivity index (χ3n) is 4.45. The lowest BCUT2D eigenvalue weighted by Crippen LogP contribution is -2.64. The van der Waals surface area contributed by atoms with Crippen LogP contribution >= 0.6 is 34.8 Å². The Bertz CT molecular complexity index is 818. The summed E-state index contributed by atoms with van der Waals surface area (Å²) in [5, 5.41) is 7.82. The SMILES string of the molecule is CC(=O)O[C@H]1[C@H]2O[C@@H](c3ccccc3)OC[C@H]2O[C@H](OC(=N)C(Cl)(Cl)Cl)[C@@H]1OC(C)=O. The zero-order valence-corrected chi connectivity index (χ0v) is 18.7.